The molecule has 27 N–H and O–H groups in total. The van der Waals surface area contributed by atoms with Gasteiger partial charge in [0.05, 0.1) is 25.2 Å². The van der Waals surface area contributed by atoms with Crippen molar-refractivity contribution in [3.63, 3.8) is 0 Å². The first kappa shape index (κ1) is 89.4. The maximum absolute atomic E-state index is 14.4. The number of carboxylic acid groups (broad SMARTS) is 2. The number of benzene rings is 1. The average molecular weight is 1460 g/mol. The van der Waals surface area contributed by atoms with Crippen LogP contribution in [0.4, 0.5) is 0 Å². The molecular formula is C65H109N19O19. The third kappa shape index (κ3) is 33.8. The summed E-state index contributed by atoms with van der Waals surface area (Å²) in [5.74, 6) is -16.5. The minimum absolute atomic E-state index is 0.0142. The van der Waals surface area contributed by atoms with Crippen molar-refractivity contribution < 1.29 is 92.3 Å². The van der Waals surface area contributed by atoms with Crippen LogP contribution in [0.15, 0.2) is 35.3 Å². The SMILES string of the molecule is CC(C)C[C@H](NC(=O)[C@H](CCCCN)NC(=O)[C@@H](N)CCCCN)C(=O)N[C@@H](CC(N)=O)C(=O)N[C@@H](CCCN=C(N)N)C(=O)N[C@H](C(=O)N[C@@H](CC(C)C)C(=O)N[C@@H](CO)C(=O)N[C@@H](Cc1ccccc1)C(=O)N[C@@H](C)C(=O)N[C@@H](CCC(=O)O)C(=O)N1CCC[C@H]1C(=O)NCC(=O)O)[C@@H](C)O. The van der Waals surface area contributed by atoms with Gasteiger partial charge in [-0.25, -0.2) is 0 Å². The predicted octanol–water partition coefficient (Wildman–Crippen LogP) is -6.87. The summed E-state index contributed by atoms with van der Waals surface area (Å²) >= 11 is 0. The van der Waals surface area contributed by atoms with Crippen LogP contribution in [0.5, 0.6) is 0 Å². The van der Waals surface area contributed by atoms with E-state index in [1.807, 2.05) is 0 Å². The van der Waals surface area contributed by atoms with Crippen molar-refractivity contribution in [1.82, 2.24) is 63.4 Å². The molecule has 0 unspecified atom stereocenters. The van der Waals surface area contributed by atoms with Crippen LogP contribution in [0.3, 0.4) is 0 Å². The molecular weight excluding hydrogens is 1350 g/mol. The molecule has 38 nitrogen and oxygen atoms in total. The standard InChI is InChI=1S/C65H109N19O19/c1-34(2)28-43(78-55(94)40(19-11-13-25-67)75-54(93)39(68)18-10-12-24-66)58(97)80-46(31-49(69)87)60(99)76-41(20-14-26-72-65(70)71)56(95)83-52(37(6)86)63(102)81-44(29-35(3)4)59(98)82-47(33-85)61(100)79-45(30-38-16-8-7-9-17-38)57(96)74-36(5)53(92)77-42(22-23-50(88)89)64(103)84-27-15-21-48(84)62(101)73-32-51(90)91/h7-9,16-17,34-37,39-48,52,85-86H,10-15,18-33,66-68H2,1-6H3,(H2,69,87)(H,73,101)(H,74,96)(H,75,93)(H,76,99)(H,77,92)(H,78,94)(H,79,100)(H,80,97)(H,81,102)(H,82,98)(H,83,95)(H,88,89)(H,90,91)(H4,70,71,72)/t36-,37+,39-,40-,41-,42-,43-,44-,45-,46-,47-,48-,52-/m0/s1. The number of nitrogens with zero attached hydrogens (tertiary/aromatic N) is 2. The second-order valence-corrected chi connectivity index (χ2v) is 26.1. The number of nitrogens with two attached hydrogens (primary N) is 6. The third-order valence-corrected chi connectivity index (χ3v) is 16.2. The van der Waals surface area contributed by atoms with Gasteiger partial charge in [0.2, 0.25) is 76.8 Å². The Hall–Kier alpha value is -9.66. The molecule has 1 heterocycles. The number of likely N-dealkylation sites (tertiary alicyclic amines) is 1. The van der Waals surface area contributed by atoms with Crippen LogP contribution in [-0.4, -0.2) is 238 Å². The van der Waals surface area contributed by atoms with Crippen LogP contribution in [0, 0.1) is 11.8 Å². The predicted molar refractivity (Wildman–Crippen MR) is 373 cm³/mol. The molecule has 13 amide bonds. The zero-order chi connectivity index (χ0) is 77.6. The molecule has 1 aromatic carbocycles. The number of rotatable bonds is 49. The van der Waals surface area contributed by atoms with Gasteiger partial charge in [-0.15, -0.1) is 0 Å². The number of aliphatic carboxylic acids is 2. The van der Waals surface area contributed by atoms with Crippen molar-refractivity contribution in [2.75, 3.05) is 39.3 Å². The van der Waals surface area contributed by atoms with Gasteiger partial charge in [-0.1, -0.05) is 64.4 Å². The normalized spacial score (nSPS) is 16.1. The van der Waals surface area contributed by atoms with Crippen molar-refractivity contribution >= 4 is 94.7 Å². The van der Waals surface area contributed by atoms with Crippen LogP contribution in [0.25, 0.3) is 0 Å². The number of carboxylic acids is 2. The van der Waals surface area contributed by atoms with E-state index < -0.39 is 206 Å². The first-order valence-electron chi connectivity index (χ1n) is 34.4. The Morgan fingerprint density at radius 2 is 1.01 bits per heavy atom. The van der Waals surface area contributed by atoms with Crippen LogP contribution in [0.2, 0.25) is 0 Å². The quantitative estimate of drug-likeness (QED) is 0.0164. The minimum Gasteiger partial charge on any atom is -0.481 e. The Bertz CT molecular complexity index is 3050. The largest absolute Gasteiger partial charge is 0.481 e. The van der Waals surface area contributed by atoms with Crippen LogP contribution in [0.1, 0.15) is 143 Å². The number of aliphatic imine (C=N–C) groups is 1. The van der Waals surface area contributed by atoms with E-state index in [0.29, 0.717) is 44.2 Å². The zero-order valence-electron chi connectivity index (χ0n) is 59.4. The lowest BCUT2D eigenvalue weighted by molar-refractivity contribution is -0.143. The second-order valence-electron chi connectivity index (χ2n) is 26.1. The Morgan fingerprint density at radius 1 is 0.534 bits per heavy atom. The molecule has 0 aromatic heterocycles. The number of guanidine groups is 1. The number of aliphatic hydroxyl groups is 2. The van der Waals surface area contributed by atoms with E-state index in [0.717, 1.165) is 11.8 Å². The maximum Gasteiger partial charge on any atom is 0.322 e. The molecule has 0 bridgehead atoms. The van der Waals surface area contributed by atoms with Gasteiger partial charge in [-0.2, -0.15) is 0 Å². The summed E-state index contributed by atoms with van der Waals surface area (Å²) in [6, 6.07) is -9.96. The monoisotopic (exact) mass is 1460 g/mol. The van der Waals surface area contributed by atoms with Gasteiger partial charge in [0.25, 0.3) is 0 Å². The van der Waals surface area contributed by atoms with Gasteiger partial charge in [-0.05, 0) is 121 Å². The first-order chi connectivity index (χ1) is 48.5. The highest BCUT2D eigenvalue weighted by atomic mass is 16.4. The van der Waals surface area contributed by atoms with Gasteiger partial charge in [-0.3, -0.25) is 76.9 Å². The molecule has 1 fully saturated rings. The number of hydrogen-bond acceptors (Lipinski definition) is 21. The van der Waals surface area contributed by atoms with Crippen LogP contribution < -0.4 is 92.9 Å². The number of primary amides is 1. The zero-order valence-corrected chi connectivity index (χ0v) is 59.4. The van der Waals surface area contributed by atoms with Crippen molar-refractivity contribution in [2.45, 2.75) is 223 Å². The van der Waals surface area contributed by atoms with E-state index in [-0.39, 0.29) is 82.9 Å². The molecule has 103 heavy (non-hydrogen) atoms. The average Bonchev–Trinajstić information content (AvgIpc) is 1.77. The topological polar surface area (TPSA) is 641 Å². The van der Waals surface area contributed by atoms with Crippen molar-refractivity contribution in [1.29, 1.82) is 0 Å². The smallest absolute Gasteiger partial charge is 0.322 e. The summed E-state index contributed by atoms with van der Waals surface area (Å²) in [6.45, 7) is 7.85. The third-order valence-electron chi connectivity index (χ3n) is 16.2. The summed E-state index contributed by atoms with van der Waals surface area (Å²) in [5, 5.41) is 67.0. The van der Waals surface area contributed by atoms with Gasteiger partial charge in [0, 0.05) is 25.9 Å². The molecule has 1 aromatic rings. The van der Waals surface area contributed by atoms with E-state index in [1.54, 1.807) is 58.0 Å². The van der Waals surface area contributed by atoms with E-state index >= 15 is 0 Å². The highest BCUT2D eigenvalue weighted by Crippen LogP contribution is 2.21. The minimum atomic E-state index is -1.92. The molecule has 1 saturated heterocycles. The Kier molecular flexibility index (Phi) is 40.6. The second kappa shape index (κ2) is 46.8. The Labute approximate surface area is 597 Å². The lowest BCUT2D eigenvalue weighted by atomic mass is 10.0. The molecule has 578 valence electrons. The first-order valence-corrected chi connectivity index (χ1v) is 34.4. The lowest BCUT2D eigenvalue weighted by Gasteiger charge is -2.29. The van der Waals surface area contributed by atoms with E-state index in [4.69, 9.17) is 39.5 Å². The van der Waals surface area contributed by atoms with Crippen LogP contribution >= 0.6 is 0 Å². The summed E-state index contributed by atoms with van der Waals surface area (Å²) in [4.78, 5) is 207. The molecule has 1 aliphatic heterocycles. The molecule has 13 atom stereocenters. The molecule has 2 rings (SSSR count). The van der Waals surface area contributed by atoms with Crippen molar-refractivity contribution in [3.8, 4) is 0 Å². The number of carbonyl (C=O) groups is 15. The van der Waals surface area contributed by atoms with Gasteiger partial charge in [0.1, 0.15) is 73.0 Å². The van der Waals surface area contributed by atoms with E-state index in [9.17, 15) is 87.2 Å². The van der Waals surface area contributed by atoms with E-state index in [1.165, 1.54) is 6.92 Å². The van der Waals surface area contributed by atoms with Gasteiger partial charge < -0.3 is 118 Å². The number of amides is 13. The van der Waals surface area contributed by atoms with E-state index in [2.05, 4.69) is 63.5 Å². The Balaban J connectivity index is 2.44. The molecule has 38 heteroatoms. The van der Waals surface area contributed by atoms with Crippen molar-refractivity contribution in [2.24, 2.45) is 51.2 Å². The fourth-order valence-electron chi connectivity index (χ4n) is 10.8. The van der Waals surface area contributed by atoms with Gasteiger partial charge >= 0.3 is 11.9 Å². The number of carbonyl (C=O) groups excluding carboxylic acids is 13. The number of unbranched alkanes of at least 4 members (excludes halogenated alkanes) is 2. The molecule has 0 saturated carbocycles. The summed E-state index contributed by atoms with van der Waals surface area (Å²) in [5.41, 5.74) is 34.5. The highest BCUT2D eigenvalue weighted by molar-refractivity contribution is 6.00. The number of hydrogen-bond donors (Lipinski definition) is 21. The van der Waals surface area contributed by atoms with Gasteiger partial charge in [0.15, 0.2) is 5.96 Å². The molecule has 0 radical (unpaired) electrons. The number of aliphatic hydroxyl groups excluding tert-OH is 2. The summed E-state index contributed by atoms with van der Waals surface area (Å²) in [6.07, 6.45) is -1.54. The Morgan fingerprint density at radius 3 is 1.54 bits per heavy atom. The van der Waals surface area contributed by atoms with Crippen molar-refractivity contribution in [3.05, 3.63) is 35.9 Å². The molecule has 0 spiro atoms. The maximum atomic E-state index is 14.4. The molecule has 1 aliphatic rings. The fourth-order valence-corrected chi connectivity index (χ4v) is 10.8. The molecule has 0 aliphatic carbocycles. The summed E-state index contributed by atoms with van der Waals surface area (Å²) in [7, 11) is 0. The summed E-state index contributed by atoms with van der Waals surface area (Å²) < 4.78 is 0. The lowest BCUT2D eigenvalue weighted by Crippen LogP contribution is -2.62. The number of nitrogens with one attached hydrogen (secondary N) is 11. The fraction of sp³-hybridized carbons (Fsp3) is 0.662. The highest BCUT2D eigenvalue weighted by Gasteiger charge is 2.41. The van der Waals surface area contributed by atoms with Crippen LogP contribution in [-0.2, 0) is 78.3 Å².